The van der Waals surface area contributed by atoms with Crippen LogP contribution in [-0.4, -0.2) is 12.2 Å². The molecular weight excluding hydrogens is 236 g/mol. The van der Waals surface area contributed by atoms with Crippen LogP contribution in [0.15, 0.2) is 24.3 Å². The van der Waals surface area contributed by atoms with Gasteiger partial charge in [-0.25, -0.2) is 0 Å². The molecule has 19 heavy (non-hydrogen) atoms. The first-order chi connectivity index (χ1) is 9.26. The van der Waals surface area contributed by atoms with Gasteiger partial charge in [0.2, 0.25) is 0 Å². The van der Waals surface area contributed by atoms with Gasteiger partial charge >= 0.3 is 0 Å². The van der Waals surface area contributed by atoms with Gasteiger partial charge in [-0.15, -0.1) is 0 Å². The molecule has 0 saturated heterocycles. The van der Waals surface area contributed by atoms with Crippen molar-refractivity contribution in [2.45, 2.75) is 44.8 Å². The van der Waals surface area contributed by atoms with Crippen molar-refractivity contribution in [1.82, 2.24) is 0 Å². The van der Waals surface area contributed by atoms with E-state index in [4.69, 9.17) is 4.74 Å². The fourth-order valence-corrected chi connectivity index (χ4v) is 4.14. The minimum absolute atomic E-state index is 0.304. The lowest BCUT2D eigenvalue weighted by molar-refractivity contribution is 0.125. The standard InChI is InChI=1S/C17H24O2/c1-19-11-13-3-2-4-15(9-13)17(18)10-16-8-12-5-6-14(16)7-12/h2-4,9,12,14,16-18H,5-8,10-11H2,1H3. The highest BCUT2D eigenvalue weighted by Crippen LogP contribution is 2.50. The van der Waals surface area contributed by atoms with E-state index in [2.05, 4.69) is 12.1 Å². The quantitative estimate of drug-likeness (QED) is 0.875. The average molecular weight is 260 g/mol. The van der Waals surface area contributed by atoms with Crippen LogP contribution in [0.1, 0.15) is 49.3 Å². The van der Waals surface area contributed by atoms with Crippen LogP contribution in [-0.2, 0) is 11.3 Å². The molecule has 2 aliphatic rings. The van der Waals surface area contributed by atoms with Crippen molar-refractivity contribution >= 4 is 0 Å². The molecule has 0 spiro atoms. The molecule has 1 aromatic rings. The molecule has 2 saturated carbocycles. The van der Waals surface area contributed by atoms with Gasteiger partial charge in [-0.3, -0.25) is 0 Å². The number of fused-ring (bicyclic) bond motifs is 2. The van der Waals surface area contributed by atoms with Crippen LogP contribution in [0.4, 0.5) is 0 Å². The third-order valence-corrected chi connectivity index (χ3v) is 5.06. The van der Waals surface area contributed by atoms with E-state index in [1.807, 2.05) is 12.1 Å². The molecule has 4 atom stereocenters. The molecule has 2 heteroatoms. The molecule has 2 aliphatic carbocycles. The number of aliphatic hydroxyl groups is 1. The fourth-order valence-electron chi connectivity index (χ4n) is 4.14. The first kappa shape index (κ1) is 13.1. The first-order valence-corrected chi connectivity index (χ1v) is 7.52. The molecule has 0 aliphatic heterocycles. The Balaban J connectivity index is 1.63. The predicted molar refractivity (Wildman–Crippen MR) is 75.7 cm³/mol. The van der Waals surface area contributed by atoms with Gasteiger partial charge in [-0.1, -0.05) is 30.7 Å². The number of methoxy groups -OCH3 is 1. The van der Waals surface area contributed by atoms with Gasteiger partial charge in [0.05, 0.1) is 12.7 Å². The summed E-state index contributed by atoms with van der Waals surface area (Å²) in [6.07, 6.45) is 6.23. The van der Waals surface area contributed by atoms with E-state index in [1.54, 1.807) is 7.11 Å². The molecule has 1 N–H and O–H groups in total. The van der Waals surface area contributed by atoms with E-state index in [0.29, 0.717) is 6.61 Å². The lowest BCUT2D eigenvalue weighted by Gasteiger charge is -2.24. The van der Waals surface area contributed by atoms with Crippen LogP contribution in [0.5, 0.6) is 0 Å². The Morgan fingerprint density at radius 1 is 1.32 bits per heavy atom. The van der Waals surface area contributed by atoms with Crippen LogP contribution >= 0.6 is 0 Å². The summed E-state index contributed by atoms with van der Waals surface area (Å²) in [5, 5.41) is 10.5. The normalized spacial score (nSPS) is 30.7. The van der Waals surface area contributed by atoms with E-state index in [1.165, 1.54) is 25.7 Å². The zero-order valence-corrected chi connectivity index (χ0v) is 11.7. The molecule has 2 bridgehead atoms. The topological polar surface area (TPSA) is 29.5 Å². The zero-order chi connectivity index (χ0) is 13.2. The van der Waals surface area contributed by atoms with E-state index < -0.39 is 0 Å². The Bertz CT molecular complexity index is 429. The molecule has 0 amide bonds. The van der Waals surface area contributed by atoms with Crippen LogP contribution in [0.25, 0.3) is 0 Å². The number of hydrogen-bond donors (Lipinski definition) is 1. The van der Waals surface area contributed by atoms with Gasteiger partial charge < -0.3 is 9.84 Å². The summed E-state index contributed by atoms with van der Waals surface area (Å²) in [4.78, 5) is 0. The third-order valence-electron chi connectivity index (χ3n) is 5.06. The lowest BCUT2D eigenvalue weighted by Crippen LogP contribution is -2.14. The average Bonchev–Trinajstić information content (AvgIpc) is 3.02. The molecule has 4 unspecified atom stereocenters. The van der Waals surface area contributed by atoms with E-state index >= 15 is 0 Å². The maximum Gasteiger partial charge on any atom is 0.0792 e. The molecule has 3 rings (SSSR count). The Morgan fingerprint density at radius 3 is 2.89 bits per heavy atom. The van der Waals surface area contributed by atoms with Crippen molar-refractivity contribution < 1.29 is 9.84 Å². The highest BCUT2D eigenvalue weighted by molar-refractivity contribution is 5.25. The summed E-state index contributed by atoms with van der Waals surface area (Å²) >= 11 is 0. The van der Waals surface area contributed by atoms with Gasteiger partial charge in [-0.05, 0) is 54.6 Å². The van der Waals surface area contributed by atoms with Gasteiger partial charge in [0.1, 0.15) is 0 Å². The number of rotatable bonds is 5. The summed E-state index contributed by atoms with van der Waals surface area (Å²) in [5.74, 6) is 2.60. The number of hydrogen-bond acceptors (Lipinski definition) is 2. The fraction of sp³-hybridized carbons (Fsp3) is 0.647. The van der Waals surface area contributed by atoms with Gasteiger partial charge in [-0.2, -0.15) is 0 Å². The minimum Gasteiger partial charge on any atom is -0.388 e. The largest absolute Gasteiger partial charge is 0.388 e. The van der Waals surface area contributed by atoms with E-state index in [9.17, 15) is 5.11 Å². The Labute approximate surface area is 115 Å². The molecule has 1 aromatic carbocycles. The highest BCUT2D eigenvalue weighted by Gasteiger charge is 2.40. The van der Waals surface area contributed by atoms with E-state index in [0.717, 1.165) is 35.3 Å². The van der Waals surface area contributed by atoms with Crippen molar-refractivity contribution in [3.05, 3.63) is 35.4 Å². The molecule has 2 nitrogen and oxygen atoms in total. The monoisotopic (exact) mass is 260 g/mol. The van der Waals surface area contributed by atoms with Crippen molar-refractivity contribution in [2.24, 2.45) is 17.8 Å². The van der Waals surface area contributed by atoms with Crippen molar-refractivity contribution in [1.29, 1.82) is 0 Å². The van der Waals surface area contributed by atoms with Gasteiger partial charge in [0.25, 0.3) is 0 Å². The summed E-state index contributed by atoms with van der Waals surface area (Å²) < 4.78 is 5.15. The molecule has 0 radical (unpaired) electrons. The number of benzene rings is 1. The van der Waals surface area contributed by atoms with Crippen LogP contribution in [0.3, 0.4) is 0 Å². The molecule has 0 aromatic heterocycles. The van der Waals surface area contributed by atoms with Crippen LogP contribution < -0.4 is 0 Å². The molecular formula is C17H24O2. The second kappa shape index (κ2) is 5.64. The second-order valence-electron chi connectivity index (χ2n) is 6.36. The Morgan fingerprint density at radius 2 is 2.21 bits per heavy atom. The maximum atomic E-state index is 10.5. The van der Waals surface area contributed by atoms with Crippen molar-refractivity contribution in [3.63, 3.8) is 0 Å². The zero-order valence-electron chi connectivity index (χ0n) is 11.7. The minimum atomic E-state index is -0.304. The van der Waals surface area contributed by atoms with Gasteiger partial charge in [0.15, 0.2) is 0 Å². The molecule has 2 fully saturated rings. The SMILES string of the molecule is COCc1cccc(C(O)CC2CC3CCC2C3)c1. The summed E-state index contributed by atoms with van der Waals surface area (Å²) in [6, 6.07) is 8.20. The smallest absolute Gasteiger partial charge is 0.0792 e. The second-order valence-corrected chi connectivity index (χ2v) is 6.36. The Hall–Kier alpha value is -0.860. The van der Waals surface area contributed by atoms with Crippen molar-refractivity contribution in [3.8, 4) is 0 Å². The summed E-state index contributed by atoms with van der Waals surface area (Å²) in [6.45, 7) is 0.620. The first-order valence-electron chi connectivity index (χ1n) is 7.52. The van der Waals surface area contributed by atoms with Crippen LogP contribution in [0, 0.1) is 17.8 Å². The van der Waals surface area contributed by atoms with Gasteiger partial charge in [0, 0.05) is 7.11 Å². The summed E-state index contributed by atoms with van der Waals surface area (Å²) in [5.41, 5.74) is 2.20. The number of ether oxygens (including phenoxy) is 1. The molecule has 0 heterocycles. The highest BCUT2D eigenvalue weighted by atomic mass is 16.5. The summed E-state index contributed by atoms with van der Waals surface area (Å²) in [7, 11) is 1.71. The number of aliphatic hydroxyl groups excluding tert-OH is 1. The maximum absolute atomic E-state index is 10.5. The molecule has 104 valence electrons. The lowest BCUT2D eigenvalue weighted by atomic mass is 9.83. The van der Waals surface area contributed by atoms with Crippen molar-refractivity contribution in [2.75, 3.05) is 7.11 Å². The Kier molecular flexibility index (Phi) is 3.90. The van der Waals surface area contributed by atoms with Crippen LogP contribution in [0.2, 0.25) is 0 Å². The van der Waals surface area contributed by atoms with E-state index in [-0.39, 0.29) is 6.10 Å². The third kappa shape index (κ3) is 2.85. The predicted octanol–water partition coefficient (Wildman–Crippen LogP) is 3.69.